The minimum Gasteiger partial charge on any atom is -0.481 e. The Labute approximate surface area is 162 Å². The monoisotopic (exact) mass is 381 g/mol. The highest BCUT2D eigenvalue weighted by atomic mass is 16.5. The van der Waals surface area contributed by atoms with Gasteiger partial charge >= 0.3 is 11.9 Å². The van der Waals surface area contributed by atoms with Crippen LogP contribution in [0.3, 0.4) is 0 Å². The van der Waals surface area contributed by atoms with Crippen LogP contribution < -0.4 is 5.32 Å². The summed E-state index contributed by atoms with van der Waals surface area (Å²) in [5, 5.41) is 12.1. The lowest BCUT2D eigenvalue weighted by Crippen LogP contribution is -2.55. The van der Waals surface area contributed by atoms with Gasteiger partial charge in [-0.2, -0.15) is 0 Å². The second-order valence-corrected chi connectivity index (χ2v) is 9.30. The highest BCUT2D eigenvalue weighted by Gasteiger charge is 2.58. The third-order valence-corrected chi connectivity index (χ3v) is 6.82. The number of carboxylic acid groups (broad SMARTS) is 1. The van der Waals surface area contributed by atoms with Gasteiger partial charge in [-0.05, 0) is 42.9 Å². The quantitative estimate of drug-likeness (QED) is 0.401. The minimum atomic E-state index is -1.06. The molecule has 0 spiro atoms. The van der Waals surface area contributed by atoms with Crippen LogP contribution in [0.15, 0.2) is 0 Å². The van der Waals surface area contributed by atoms with E-state index < -0.39 is 23.2 Å². The maximum Gasteiger partial charge on any atom is 0.316 e. The summed E-state index contributed by atoms with van der Waals surface area (Å²) in [5.74, 6) is -2.56. The van der Waals surface area contributed by atoms with Crippen LogP contribution in [0.1, 0.15) is 72.6 Å². The summed E-state index contributed by atoms with van der Waals surface area (Å²) in [5.41, 5.74) is -0.650. The number of carboxylic acids is 1. The molecule has 1 amide bonds. The average molecular weight is 382 g/mol. The predicted molar refractivity (Wildman–Crippen MR) is 102 cm³/mol. The van der Waals surface area contributed by atoms with Crippen molar-refractivity contribution in [3.05, 3.63) is 0 Å². The predicted octanol–water partition coefficient (Wildman–Crippen LogP) is 3.39. The lowest BCUT2D eigenvalue weighted by molar-refractivity contribution is -0.182. The maximum atomic E-state index is 12.7. The number of hydrogen-bond donors (Lipinski definition) is 2. The third kappa shape index (κ3) is 4.46. The Bertz CT molecular complexity index is 561. The second kappa shape index (κ2) is 8.61. The molecule has 2 fully saturated rings. The zero-order chi connectivity index (χ0) is 20.2. The fourth-order valence-electron chi connectivity index (χ4n) is 5.00. The smallest absolute Gasteiger partial charge is 0.316 e. The van der Waals surface area contributed by atoms with E-state index in [0.29, 0.717) is 0 Å². The molecule has 2 saturated carbocycles. The van der Waals surface area contributed by atoms with Crippen molar-refractivity contribution in [1.29, 1.82) is 0 Å². The first-order valence-electron chi connectivity index (χ1n) is 10.3. The number of nitrogens with one attached hydrogen (secondary N) is 1. The van der Waals surface area contributed by atoms with E-state index in [0.717, 1.165) is 44.9 Å². The molecule has 2 N–H and O–H groups in total. The SMILES string of the molecule is CC1CCC1(C(=O)OCCNC(=O)C(C(=O)O)C1CCCCC1)C(C)(C)C. The molecule has 2 rings (SSSR count). The number of esters is 1. The minimum absolute atomic E-state index is 0.0755. The van der Waals surface area contributed by atoms with Gasteiger partial charge in [0, 0.05) is 0 Å². The van der Waals surface area contributed by atoms with Crippen LogP contribution in [-0.4, -0.2) is 36.1 Å². The van der Waals surface area contributed by atoms with Gasteiger partial charge in [0.15, 0.2) is 0 Å². The lowest BCUT2D eigenvalue weighted by Gasteiger charge is -2.54. The zero-order valence-corrected chi connectivity index (χ0v) is 17.2. The standard InChI is InChI=1S/C21H35NO5/c1-14-10-11-21(14,20(2,3)4)19(26)27-13-12-22-17(23)16(18(24)25)15-8-6-5-7-9-15/h14-16H,5-13H2,1-4H3,(H,22,23)(H,24,25). The summed E-state index contributed by atoms with van der Waals surface area (Å²) in [6, 6.07) is 0. The van der Waals surface area contributed by atoms with Gasteiger partial charge in [0.2, 0.25) is 5.91 Å². The lowest BCUT2D eigenvalue weighted by atomic mass is 9.49. The molecule has 27 heavy (non-hydrogen) atoms. The van der Waals surface area contributed by atoms with Crippen molar-refractivity contribution < 1.29 is 24.2 Å². The van der Waals surface area contributed by atoms with E-state index >= 15 is 0 Å². The van der Waals surface area contributed by atoms with Crippen molar-refractivity contribution in [2.75, 3.05) is 13.2 Å². The molecule has 0 saturated heterocycles. The molecule has 6 nitrogen and oxygen atoms in total. The first kappa shape index (κ1) is 21.7. The molecule has 6 heteroatoms. The third-order valence-electron chi connectivity index (χ3n) is 6.82. The number of amides is 1. The van der Waals surface area contributed by atoms with E-state index in [1.807, 2.05) is 0 Å². The van der Waals surface area contributed by atoms with Gasteiger partial charge in [-0.3, -0.25) is 14.4 Å². The van der Waals surface area contributed by atoms with Crippen LogP contribution >= 0.6 is 0 Å². The van der Waals surface area contributed by atoms with Gasteiger partial charge in [0.05, 0.1) is 12.0 Å². The number of aliphatic carboxylic acids is 1. The normalized spacial score (nSPS) is 27.3. The highest BCUT2D eigenvalue weighted by molar-refractivity contribution is 5.97. The topological polar surface area (TPSA) is 92.7 Å². The summed E-state index contributed by atoms with van der Waals surface area (Å²) in [7, 11) is 0. The largest absolute Gasteiger partial charge is 0.481 e. The van der Waals surface area contributed by atoms with Crippen molar-refractivity contribution in [1.82, 2.24) is 5.32 Å². The van der Waals surface area contributed by atoms with E-state index in [1.54, 1.807) is 0 Å². The molecule has 0 aliphatic heterocycles. The number of hydrogen-bond acceptors (Lipinski definition) is 4. The molecular formula is C21H35NO5. The van der Waals surface area contributed by atoms with E-state index in [-0.39, 0.29) is 36.4 Å². The Hall–Kier alpha value is -1.59. The molecule has 2 aliphatic rings. The molecule has 3 atom stereocenters. The van der Waals surface area contributed by atoms with Crippen molar-refractivity contribution in [2.45, 2.75) is 72.6 Å². The Morgan fingerprint density at radius 2 is 1.78 bits per heavy atom. The Kier molecular flexibility index (Phi) is 6.92. The molecule has 0 aromatic rings. The van der Waals surface area contributed by atoms with E-state index in [9.17, 15) is 19.5 Å². The van der Waals surface area contributed by atoms with Crippen molar-refractivity contribution >= 4 is 17.8 Å². The molecule has 154 valence electrons. The van der Waals surface area contributed by atoms with Gasteiger partial charge in [0.25, 0.3) is 0 Å². The summed E-state index contributed by atoms with van der Waals surface area (Å²) in [4.78, 5) is 36.6. The van der Waals surface area contributed by atoms with Crippen molar-refractivity contribution in [3.63, 3.8) is 0 Å². The van der Waals surface area contributed by atoms with Gasteiger partial charge < -0.3 is 15.2 Å². The molecule has 2 aliphatic carbocycles. The van der Waals surface area contributed by atoms with Crippen LogP contribution in [0.5, 0.6) is 0 Å². The van der Waals surface area contributed by atoms with Gasteiger partial charge in [-0.25, -0.2) is 0 Å². The Morgan fingerprint density at radius 1 is 1.15 bits per heavy atom. The van der Waals surface area contributed by atoms with Gasteiger partial charge in [-0.15, -0.1) is 0 Å². The molecule has 0 aromatic carbocycles. The van der Waals surface area contributed by atoms with Gasteiger partial charge in [-0.1, -0.05) is 47.0 Å². The molecular weight excluding hydrogens is 346 g/mol. The van der Waals surface area contributed by atoms with Crippen LogP contribution in [0.4, 0.5) is 0 Å². The molecule has 0 heterocycles. The van der Waals surface area contributed by atoms with Crippen LogP contribution in [0.25, 0.3) is 0 Å². The number of carbonyl (C=O) groups excluding carboxylic acids is 2. The Morgan fingerprint density at radius 3 is 2.22 bits per heavy atom. The van der Waals surface area contributed by atoms with E-state index in [4.69, 9.17) is 4.74 Å². The van der Waals surface area contributed by atoms with Crippen LogP contribution in [-0.2, 0) is 19.1 Å². The maximum absolute atomic E-state index is 12.7. The number of carbonyl (C=O) groups is 3. The zero-order valence-electron chi connectivity index (χ0n) is 17.2. The van der Waals surface area contributed by atoms with E-state index in [1.165, 1.54) is 0 Å². The van der Waals surface area contributed by atoms with E-state index in [2.05, 4.69) is 33.0 Å². The molecule has 0 radical (unpaired) electrons. The second-order valence-electron chi connectivity index (χ2n) is 9.30. The summed E-state index contributed by atoms with van der Waals surface area (Å²) in [6.45, 7) is 8.50. The average Bonchev–Trinajstić information content (AvgIpc) is 2.57. The summed E-state index contributed by atoms with van der Waals surface area (Å²) >= 11 is 0. The fraction of sp³-hybridized carbons (Fsp3) is 0.857. The first-order valence-corrected chi connectivity index (χ1v) is 10.3. The number of rotatable bonds is 7. The van der Waals surface area contributed by atoms with Crippen LogP contribution in [0, 0.1) is 28.6 Å². The fourth-order valence-corrected chi connectivity index (χ4v) is 5.00. The molecule has 0 bridgehead atoms. The Balaban J connectivity index is 1.83. The van der Waals surface area contributed by atoms with Crippen molar-refractivity contribution in [2.24, 2.45) is 28.6 Å². The highest BCUT2D eigenvalue weighted by Crippen LogP contribution is 2.58. The summed E-state index contributed by atoms with van der Waals surface area (Å²) < 4.78 is 5.48. The summed E-state index contributed by atoms with van der Waals surface area (Å²) in [6.07, 6.45) is 6.47. The van der Waals surface area contributed by atoms with Crippen LogP contribution in [0.2, 0.25) is 0 Å². The molecule has 3 unspecified atom stereocenters. The molecule has 0 aromatic heterocycles. The van der Waals surface area contributed by atoms with Crippen molar-refractivity contribution in [3.8, 4) is 0 Å². The van der Waals surface area contributed by atoms with Gasteiger partial charge in [0.1, 0.15) is 12.5 Å². The first-order chi connectivity index (χ1) is 12.6. The number of ether oxygens (including phenoxy) is 1.